The summed E-state index contributed by atoms with van der Waals surface area (Å²) < 4.78 is 22.0. The topological polar surface area (TPSA) is 0 Å². The lowest BCUT2D eigenvalue weighted by molar-refractivity contribution is 0.148. The average Bonchev–Trinajstić information content (AvgIpc) is 1.35. The van der Waals surface area contributed by atoms with Crippen molar-refractivity contribution in [2.45, 2.75) is 19.8 Å². The third-order valence-electron chi connectivity index (χ3n) is 0.414. The van der Waals surface area contributed by atoms with Crippen molar-refractivity contribution in [1.82, 2.24) is 0 Å². The summed E-state index contributed by atoms with van der Waals surface area (Å²) in [5, 5.41) is 0. The number of hydrogen-bond donors (Lipinski definition) is 0. The van der Waals surface area contributed by atoms with Crippen LogP contribution < -0.4 is 0 Å². The van der Waals surface area contributed by atoms with E-state index in [-0.39, 0.29) is 6.42 Å². The molecule has 0 aliphatic rings. The molecule has 0 aliphatic carbocycles. The van der Waals surface area contributed by atoms with E-state index in [1.54, 1.807) is 6.92 Å². The van der Waals surface area contributed by atoms with Gasteiger partial charge in [0.15, 0.2) is 0 Å². The molecule has 0 saturated heterocycles. The molecule has 0 amide bonds. The zero-order valence-corrected chi connectivity index (χ0v) is 3.62. The van der Waals surface area contributed by atoms with E-state index < -0.39 is 6.43 Å². The Morgan fingerprint density at radius 1 is 1.67 bits per heavy atom. The van der Waals surface area contributed by atoms with Crippen LogP contribution in [0.1, 0.15) is 13.3 Å². The zero-order valence-electron chi connectivity index (χ0n) is 3.62. The minimum atomic E-state index is -2.16. The summed E-state index contributed by atoms with van der Waals surface area (Å²) in [7, 11) is 0. The van der Waals surface area contributed by atoms with E-state index in [0.717, 1.165) is 0 Å². The molecule has 0 aromatic heterocycles. The van der Waals surface area contributed by atoms with Crippen LogP contribution in [0.15, 0.2) is 0 Å². The van der Waals surface area contributed by atoms with E-state index in [0.29, 0.717) is 0 Å². The van der Waals surface area contributed by atoms with E-state index in [4.69, 9.17) is 0 Å². The molecule has 0 aliphatic heterocycles. The molecule has 0 aromatic rings. The monoisotopic (exact) mass is 93.1 g/mol. The summed E-state index contributed by atoms with van der Waals surface area (Å²) >= 11 is 0. The number of rotatable bonds is 2. The number of alkyl halides is 2. The van der Waals surface area contributed by atoms with Gasteiger partial charge in [0.1, 0.15) is 0 Å². The maximum Gasteiger partial charge on any atom is 0.238 e. The van der Waals surface area contributed by atoms with Crippen LogP contribution in [0.25, 0.3) is 0 Å². The Morgan fingerprint density at radius 3 is 2.17 bits per heavy atom. The molecule has 0 atom stereocenters. The first kappa shape index (κ1) is 5.86. The van der Waals surface area contributed by atoms with Crippen LogP contribution in [0.3, 0.4) is 0 Å². The largest absolute Gasteiger partial charge is 0.238 e. The van der Waals surface area contributed by atoms with Gasteiger partial charge in [-0.3, -0.25) is 0 Å². The van der Waals surface area contributed by atoms with E-state index >= 15 is 0 Å². The normalized spacial score (nSPS) is 10.0. The van der Waals surface area contributed by atoms with Gasteiger partial charge in [0.25, 0.3) is 0 Å². The summed E-state index contributed by atoms with van der Waals surface area (Å²) in [6.45, 7) is 1.62. The molecule has 0 fully saturated rings. The fourth-order valence-corrected chi connectivity index (χ4v) is 0.178. The quantitative estimate of drug-likeness (QED) is 0.488. The van der Waals surface area contributed by atoms with Gasteiger partial charge >= 0.3 is 0 Å². The van der Waals surface area contributed by atoms with Gasteiger partial charge < -0.3 is 0 Å². The van der Waals surface area contributed by atoms with Crippen molar-refractivity contribution >= 4 is 0 Å². The van der Waals surface area contributed by atoms with Gasteiger partial charge in [-0.15, -0.1) is 0 Å². The first-order valence-corrected chi connectivity index (χ1v) is 1.83. The van der Waals surface area contributed by atoms with E-state index in [1.165, 1.54) is 6.42 Å². The Labute approximate surface area is 36.2 Å². The summed E-state index contributed by atoms with van der Waals surface area (Å²) in [6.07, 6.45) is -0.792. The highest BCUT2D eigenvalue weighted by molar-refractivity contribution is 4.55. The summed E-state index contributed by atoms with van der Waals surface area (Å²) in [5.41, 5.74) is 0. The van der Waals surface area contributed by atoms with Crippen LogP contribution in [0.2, 0.25) is 0 Å². The minimum absolute atomic E-state index is 0.0833. The van der Waals surface area contributed by atoms with Gasteiger partial charge in [-0.1, -0.05) is 6.92 Å². The van der Waals surface area contributed by atoms with Crippen LogP contribution in [0, 0.1) is 6.42 Å². The second kappa shape index (κ2) is 3.07. The molecule has 0 heterocycles. The molecular formula is C4H7F2. The Hall–Kier alpha value is -0.140. The molecule has 0 unspecified atom stereocenters. The van der Waals surface area contributed by atoms with Crippen molar-refractivity contribution in [3.63, 3.8) is 0 Å². The molecule has 2 heteroatoms. The van der Waals surface area contributed by atoms with Crippen LogP contribution in [0.5, 0.6) is 0 Å². The maximum atomic E-state index is 11.0. The lowest BCUT2D eigenvalue weighted by Crippen LogP contribution is -1.85. The molecule has 0 bridgehead atoms. The second-order valence-electron chi connectivity index (χ2n) is 1.04. The fraction of sp³-hybridized carbons (Fsp3) is 0.750. The zero-order chi connectivity index (χ0) is 4.99. The predicted molar refractivity (Wildman–Crippen MR) is 20.6 cm³/mol. The highest BCUT2D eigenvalue weighted by atomic mass is 19.3. The third kappa shape index (κ3) is 3.86. The van der Waals surface area contributed by atoms with Gasteiger partial charge in [-0.25, -0.2) is 8.78 Å². The van der Waals surface area contributed by atoms with Crippen molar-refractivity contribution in [2.24, 2.45) is 0 Å². The Kier molecular flexibility index (Phi) is 2.99. The van der Waals surface area contributed by atoms with Gasteiger partial charge in [0.05, 0.1) is 0 Å². The van der Waals surface area contributed by atoms with Crippen molar-refractivity contribution in [1.29, 1.82) is 0 Å². The van der Waals surface area contributed by atoms with E-state index in [2.05, 4.69) is 0 Å². The van der Waals surface area contributed by atoms with E-state index in [1.807, 2.05) is 0 Å². The van der Waals surface area contributed by atoms with Gasteiger partial charge in [-0.2, -0.15) is 0 Å². The molecule has 0 aromatic carbocycles. The third-order valence-corrected chi connectivity index (χ3v) is 0.414. The predicted octanol–water partition coefficient (Wildman–Crippen LogP) is 1.87. The van der Waals surface area contributed by atoms with Gasteiger partial charge in [0, 0.05) is 6.42 Å². The molecule has 0 spiro atoms. The Morgan fingerprint density at radius 2 is 2.17 bits per heavy atom. The molecule has 0 saturated carbocycles. The van der Waals surface area contributed by atoms with E-state index in [9.17, 15) is 8.78 Å². The SMILES string of the molecule is C[CH]CC(F)F. The Balaban J connectivity index is 2.63. The van der Waals surface area contributed by atoms with Gasteiger partial charge in [0.2, 0.25) is 6.43 Å². The highest BCUT2D eigenvalue weighted by Gasteiger charge is 1.95. The van der Waals surface area contributed by atoms with Crippen LogP contribution in [0.4, 0.5) is 8.78 Å². The van der Waals surface area contributed by atoms with Crippen LogP contribution >= 0.6 is 0 Å². The van der Waals surface area contributed by atoms with Crippen molar-refractivity contribution in [3.05, 3.63) is 6.42 Å². The summed E-state index contributed by atoms with van der Waals surface area (Å²) in [5.74, 6) is 0. The molecule has 0 nitrogen and oxygen atoms in total. The standard InChI is InChI=1S/C4H7F2/c1-2-3-4(5)6/h2,4H,3H2,1H3. The second-order valence-corrected chi connectivity index (χ2v) is 1.04. The molecule has 0 N–H and O–H groups in total. The minimum Gasteiger partial charge on any atom is -0.211 e. The molecule has 0 rings (SSSR count). The van der Waals surface area contributed by atoms with Gasteiger partial charge in [-0.05, 0) is 6.42 Å². The van der Waals surface area contributed by atoms with Crippen molar-refractivity contribution in [3.8, 4) is 0 Å². The highest BCUT2D eigenvalue weighted by Crippen LogP contribution is 1.99. The smallest absolute Gasteiger partial charge is 0.211 e. The molecule has 37 valence electrons. The number of halogens is 2. The fourth-order valence-electron chi connectivity index (χ4n) is 0.178. The lowest BCUT2D eigenvalue weighted by atomic mass is 10.4. The molecule has 6 heavy (non-hydrogen) atoms. The average molecular weight is 93.1 g/mol. The first-order valence-electron chi connectivity index (χ1n) is 1.83. The Bertz CT molecular complexity index is 26.7. The van der Waals surface area contributed by atoms with Crippen molar-refractivity contribution < 1.29 is 8.78 Å². The molecular weight excluding hydrogens is 86.0 g/mol. The maximum absolute atomic E-state index is 11.0. The number of hydrogen-bond acceptors (Lipinski definition) is 0. The lowest BCUT2D eigenvalue weighted by Gasteiger charge is -1.87. The summed E-state index contributed by atoms with van der Waals surface area (Å²) in [6, 6.07) is 0. The van der Waals surface area contributed by atoms with Crippen LogP contribution in [-0.4, -0.2) is 6.43 Å². The van der Waals surface area contributed by atoms with Crippen LogP contribution in [-0.2, 0) is 0 Å². The molecule has 1 radical (unpaired) electrons. The summed E-state index contributed by atoms with van der Waals surface area (Å²) in [4.78, 5) is 0. The van der Waals surface area contributed by atoms with Crippen molar-refractivity contribution in [2.75, 3.05) is 0 Å². The first-order chi connectivity index (χ1) is 2.77.